The first-order valence-corrected chi connectivity index (χ1v) is 8.67. The van der Waals surface area contributed by atoms with Crippen LogP contribution >= 0.6 is 0 Å². The van der Waals surface area contributed by atoms with E-state index >= 15 is 0 Å². The van der Waals surface area contributed by atoms with Crippen LogP contribution in [0.4, 0.5) is 17.1 Å². The molecule has 1 aromatic heterocycles. The monoisotopic (exact) mass is 394 g/mol. The van der Waals surface area contributed by atoms with Gasteiger partial charge in [-0.15, -0.1) is 0 Å². The number of benzene rings is 2. The topological polar surface area (TPSA) is 132 Å². The van der Waals surface area contributed by atoms with Crippen molar-refractivity contribution >= 4 is 28.9 Å². The van der Waals surface area contributed by atoms with Crippen LogP contribution < -0.4 is 10.6 Å². The molecule has 148 valence electrons. The zero-order valence-electron chi connectivity index (χ0n) is 15.7. The van der Waals surface area contributed by atoms with Crippen molar-refractivity contribution in [2.75, 3.05) is 10.6 Å². The fourth-order valence-corrected chi connectivity index (χ4v) is 2.69. The molecule has 1 atom stereocenters. The largest absolute Gasteiger partial charge is 0.324 e. The predicted molar refractivity (Wildman–Crippen MR) is 106 cm³/mol. The van der Waals surface area contributed by atoms with Gasteiger partial charge in [-0.2, -0.15) is 5.10 Å². The lowest BCUT2D eigenvalue weighted by Crippen LogP contribution is -2.24. The number of hydrogen-bond acceptors (Lipinski definition) is 6. The molecule has 29 heavy (non-hydrogen) atoms. The smallest absolute Gasteiger partial charge is 0.273 e. The van der Waals surface area contributed by atoms with Gasteiger partial charge in [0.1, 0.15) is 18.7 Å². The lowest BCUT2D eigenvalue weighted by Gasteiger charge is -2.13. The Morgan fingerprint density at radius 1 is 1.10 bits per heavy atom. The van der Waals surface area contributed by atoms with E-state index in [0.717, 1.165) is 0 Å². The number of nitro benzene ring substituents is 1. The molecule has 0 saturated heterocycles. The van der Waals surface area contributed by atoms with E-state index in [1.54, 1.807) is 31.2 Å². The fourth-order valence-electron chi connectivity index (χ4n) is 2.69. The van der Waals surface area contributed by atoms with Crippen LogP contribution in [0, 0.1) is 17.0 Å². The van der Waals surface area contributed by atoms with Gasteiger partial charge in [0.2, 0.25) is 5.91 Å². The van der Waals surface area contributed by atoms with E-state index in [-0.39, 0.29) is 17.2 Å². The number of hydrogen-bond donors (Lipinski definition) is 2. The van der Waals surface area contributed by atoms with Crippen molar-refractivity contribution in [3.05, 3.63) is 76.4 Å². The van der Waals surface area contributed by atoms with Gasteiger partial charge in [0.15, 0.2) is 0 Å². The molecule has 2 N–H and O–H groups in total. The molecule has 3 rings (SSSR count). The lowest BCUT2D eigenvalue weighted by molar-refractivity contribution is -0.385. The van der Waals surface area contributed by atoms with Crippen molar-refractivity contribution in [1.29, 1.82) is 0 Å². The Morgan fingerprint density at radius 2 is 1.76 bits per heavy atom. The minimum absolute atomic E-state index is 0.114. The molecule has 3 aromatic rings. The third-order valence-electron chi connectivity index (χ3n) is 4.37. The van der Waals surface area contributed by atoms with E-state index in [4.69, 9.17) is 0 Å². The van der Waals surface area contributed by atoms with Gasteiger partial charge in [0, 0.05) is 28.6 Å². The zero-order valence-corrected chi connectivity index (χ0v) is 15.7. The Morgan fingerprint density at radius 3 is 2.34 bits per heavy atom. The Balaban J connectivity index is 1.66. The van der Waals surface area contributed by atoms with Crippen LogP contribution in [0.1, 0.15) is 28.9 Å². The number of amides is 2. The number of rotatable bonds is 6. The molecular weight excluding hydrogens is 376 g/mol. The van der Waals surface area contributed by atoms with Crippen molar-refractivity contribution in [3.63, 3.8) is 0 Å². The number of nitro groups is 1. The molecule has 1 heterocycles. The standard InChI is InChI=1S/C19H18N6O4/c1-12-16(4-3-5-17(12)25(28)29)19(27)23-15-8-6-14(7-9-15)22-18(26)13(2)24-11-20-10-21-24/h3-11,13H,1-2H3,(H,22,26)(H,23,27). The van der Waals surface area contributed by atoms with Gasteiger partial charge in [-0.05, 0) is 44.2 Å². The second-order valence-electron chi connectivity index (χ2n) is 6.28. The van der Waals surface area contributed by atoms with Gasteiger partial charge in [-0.3, -0.25) is 19.7 Å². The highest BCUT2D eigenvalue weighted by Gasteiger charge is 2.18. The summed E-state index contributed by atoms with van der Waals surface area (Å²) < 4.78 is 1.44. The van der Waals surface area contributed by atoms with Crippen LogP contribution in [0.2, 0.25) is 0 Å². The summed E-state index contributed by atoms with van der Waals surface area (Å²) in [4.78, 5) is 39.1. The Bertz CT molecular complexity index is 1050. The van der Waals surface area contributed by atoms with Crippen molar-refractivity contribution in [2.24, 2.45) is 0 Å². The highest BCUT2D eigenvalue weighted by atomic mass is 16.6. The SMILES string of the molecule is Cc1c(C(=O)Nc2ccc(NC(=O)C(C)n3cncn3)cc2)cccc1[N+](=O)[O-]. The van der Waals surface area contributed by atoms with Crippen LogP contribution in [-0.2, 0) is 4.79 Å². The quantitative estimate of drug-likeness (QED) is 0.488. The fraction of sp³-hybridized carbons (Fsp3) is 0.158. The number of carbonyl (C=O) groups excluding carboxylic acids is 2. The molecule has 0 saturated carbocycles. The molecule has 0 spiro atoms. The molecule has 0 radical (unpaired) electrons. The first-order chi connectivity index (χ1) is 13.9. The first kappa shape index (κ1) is 19.7. The van der Waals surface area contributed by atoms with Crippen LogP contribution in [0.25, 0.3) is 0 Å². The van der Waals surface area contributed by atoms with E-state index in [2.05, 4.69) is 20.7 Å². The van der Waals surface area contributed by atoms with Gasteiger partial charge in [0.05, 0.1) is 4.92 Å². The van der Waals surface area contributed by atoms with Crippen molar-refractivity contribution < 1.29 is 14.5 Å². The summed E-state index contributed by atoms with van der Waals surface area (Å²) in [5.41, 5.74) is 1.44. The summed E-state index contributed by atoms with van der Waals surface area (Å²) in [6, 6.07) is 10.3. The molecule has 0 aliphatic carbocycles. The van der Waals surface area contributed by atoms with E-state index in [1.807, 2.05) is 0 Å². The van der Waals surface area contributed by atoms with Gasteiger partial charge in [-0.1, -0.05) is 6.07 Å². The summed E-state index contributed by atoms with van der Waals surface area (Å²) in [5, 5.41) is 20.4. The summed E-state index contributed by atoms with van der Waals surface area (Å²) in [7, 11) is 0. The van der Waals surface area contributed by atoms with Crippen LogP contribution in [-0.4, -0.2) is 31.5 Å². The molecule has 0 aliphatic rings. The average Bonchev–Trinajstić information content (AvgIpc) is 3.23. The second-order valence-corrected chi connectivity index (χ2v) is 6.28. The van der Waals surface area contributed by atoms with Gasteiger partial charge in [-0.25, -0.2) is 9.67 Å². The summed E-state index contributed by atoms with van der Waals surface area (Å²) >= 11 is 0. The highest BCUT2D eigenvalue weighted by Crippen LogP contribution is 2.22. The van der Waals surface area contributed by atoms with Gasteiger partial charge >= 0.3 is 0 Å². The molecule has 2 amide bonds. The Kier molecular flexibility index (Phi) is 5.63. The van der Waals surface area contributed by atoms with E-state index in [1.165, 1.54) is 42.5 Å². The van der Waals surface area contributed by atoms with E-state index in [0.29, 0.717) is 16.9 Å². The van der Waals surface area contributed by atoms with Crippen molar-refractivity contribution in [1.82, 2.24) is 14.8 Å². The van der Waals surface area contributed by atoms with Gasteiger partial charge < -0.3 is 10.6 Å². The number of carbonyl (C=O) groups is 2. The average molecular weight is 394 g/mol. The maximum atomic E-state index is 12.5. The third kappa shape index (κ3) is 4.43. The summed E-state index contributed by atoms with van der Waals surface area (Å²) in [6.07, 6.45) is 2.81. The third-order valence-corrected chi connectivity index (χ3v) is 4.37. The summed E-state index contributed by atoms with van der Waals surface area (Å²) in [5.74, 6) is -0.720. The normalized spacial score (nSPS) is 11.5. The first-order valence-electron chi connectivity index (χ1n) is 8.67. The molecule has 1 unspecified atom stereocenters. The van der Waals surface area contributed by atoms with Gasteiger partial charge in [0.25, 0.3) is 11.6 Å². The molecule has 0 fully saturated rings. The number of aromatic nitrogens is 3. The Labute approximate surface area is 165 Å². The molecule has 0 bridgehead atoms. The molecule has 10 heteroatoms. The maximum absolute atomic E-state index is 12.5. The van der Waals surface area contributed by atoms with Crippen LogP contribution in [0.5, 0.6) is 0 Å². The molecule has 10 nitrogen and oxygen atoms in total. The minimum Gasteiger partial charge on any atom is -0.324 e. The Hall–Kier alpha value is -4.08. The second kappa shape index (κ2) is 8.30. The minimum atomic E-state index is -0.534. The number of nitrogens with zero attached hydrogens (tertiary/aromatic N) is 4. The van der Waals surface area contributed by atoms with E-state index < -0.39 is 16.9 Å². The van der Waals surface area contributed by atoms with E-state index in [9.17, 15) is 19.7 Å². The highest BCUT2D eigenvalue weighted by molar-refractivity contribution is 6.06. The summed E-state index contributed by atoms with van der Waals surface area (Å²) in [6.45, 7) is 3.22. The maximum Gasteiger partial charge on any atom is 0.273 e. The van der Waals surface area contributed by atoms with Crippen LogP contribution in [0.15, 0.2) is 55.1 Å². The zero-order chi connectivity index (χ0) is 21.0. The molecule has 2 aromatic carbocycles. The van der Waals surface area contributed by atoms with Crippen LogP contribution in [0.3, 0.4) is 0 Å². The lowest BCUT2D eigenvalue weighted by atomic mass is 10.1. The predicted octanol–water partition coefficient (Wildman–Crippen LogP) is 2.95. The number of anilines is 2. The van der Waals surface area contributed by atoms with Crippen molar-refractivity contribution in [2.45, 2.75) is 19.9 Å². The molecular formula is C19H18N6O4. The molecule has 0 aliphatic heterocycles. The van der Waals surface area contributed by atoms with Crippen molar-refractivity contribution in [3.8, 4) is 0 Å². The number of nitrogens with one attached hydrogen (secondary N) is 2.